The molecule has 0 bridgehead atoms. The highest BCUT2D eigenvalue weighted by atomic mass is 19.1. The van der Waals surface area contributed by atoms with Crippen LogP contribution < -0.4 is 15.4 Å². The van der Waals surface area contributed by atoms with Gasteiger partial charge in [0.1, 0.15) is 5.75 Å². The van der Waals surface area contributed by atoms with E-state index in [2.05, 4.69) is 48.2 Å². The van der Waals surface area contributed by atoms with E-state index in [0.717, 1.165) is 35.0 Å². The lowest BCUT2D eigenvalue weighted by Gasteiger charge is -2.18. The fraction of sp³-hybridized carbons (Fsp3) is 0.360. The number of nitrogens with zero attached hydrogens (tertiary/aromatic N) is 1. The molecule has 2 atom stereocenters. The molecule has 0 aliphatic carbocycles. The lowest BCUT2D eigenvalue weighted by atomic mass is 10.1. The van der Waals surface area contributed by atoms with Gasteiger partial charge >= 0.3 is 0 Å². The van der Waals surface area contributed by atoms with Crippen molar-refractivity contribution in [1.29, 1.82) is 0 Å². The Kier molecular flexibility index (Phi) is 5.71. The van der Waals surface area contributed by atoms with Gasteiger partial charge in [-0.2, -0.15) is 0 Å². The molecule has 2 aromatic carbocycles. The zero-order valence-corrected chi connectivity index (χ0v) is 18.1. The molecule has 0 saturated heterocycles. The SMILES string of the molecule is CCC1CC(NC(C)c2ccc(Oc3ccc4c(ccn4C(C)C)c3)c(F)c2)=CN1. The first-order valence-electron chi connectivity index (χ1n) is 10.7. The van der Waals surface area contributed by atoms with Crippen LogP contribution >= 0.6 is 0 Å². The highest BCUT2D eigenvalue weighted by Crippen LogP contribution is 2.30. The van der Waals surface area contributed by atoms with Gasteiger partial charge in [0.25, 0.3) is 0 Å². The smallest absolute Gasteiger partial charge is 0.166 e. The summed E-state index contributed by atoms with van der Waals surface area (Å²) in [5.74, 6) is 0.516. The monoisotopic (exact) mass is 407 g/mol. The zero-order chi connectivity index (χ0) is 21.3. The van der Waals surface area contributed by atoms with Gasteiger partial charge in [-0.05, 0) is 69.2 Å². The molecule has 0 radical (unpaired) electrons. The number of nitrogens with one attached hydrogen (secondary N) is 2. The van der Waals surface area contributed by atoms with Gasteiger partial charge in [0, 0.05) is 53.5 Å². The Labute approximate surface area is 177 Å². The first kappa shape index (κ1) is 20.3. The van der Waals surface area contributed by atoms with Crippen LogP contribution in [0.2, 0.25) is 0 Å². The van der Waals surface area contributed by atoms with Crippen LogP contribution in [0.4, 0.5) is 4.39 Å². The molecule has 1 aromatic heterocycles. The van der Waals surface area contributed by atoms with Crippen LogP contribution in [0, 0.1) is 5.82 Å². The number of benzene rings is 2. The standard InChI is InChI=1S/C25H30FN3O/c1-5-20-14-21(15-27-20)28-17(4)18-6-9-25(23(26)13-18)30-22-7-8-24-19(12-22)10-11-29(24)16(2)3/h6-13,15-17,20,27-28H,5,14H2,1-4H3. The van der Waals surface area contributed by atoms with Gasteiger partial charge in [0.2, 0.25) is 0 Å². The largest absolute Gasteiger partial charge is 0.454 e. The molecular formula is C25H30FN3O. The van der Waals surface area contributed by atoms with E-state index in [1.807, 2.05) is 37.4 Å². The Hall–Kier alpha value is -2.95. The van der Waals surface area contributed by atoms with E-state index in [-0.39, 0.29) is 17.6 Å². The summed E-state index contributed by atoms with van der Waals surface area (Å²) in [6, 6.07) is 14.0. The summed E-state index contributed by atoms with van der Waals surface area (Å²) >= 11 is 0. The van der Waals surface area contributed by atoms with E-state index in [1.54, 1.807) is 12.1 Å². The van der Waals surface area contributed by atoms with Crippen molar-refractivity contribution in [1.82, 2.24) is 15.2 Å². The number of rotatable bonds is 7. The first-order valence-corrected chi connectivity index (χ1v) is 10.7. The molecule has 0 fully saturated rings. The summed E-state index contributed by atoms with van der Waals surface area (Å²) < 4.78 is 22.8. The number of ether oxygens (including phenoxy) is 1. The van der Waals surface area contributed by atoms with Crippen LogP contribution in [0.3, 0.4) is 0 Å². The van der Waals surface area contributed by atoms with E-state index in [4.69, 9.17) is 4.74 Å². The second-order valence-corrected chi connectivity index (χ2v) is 8.34. The van der Waals surface area contributed by atoms with Crippen molar-refractivity contribution >= 4 is 10.9 Å². The van der Waals surface area contributed by atoms with Gasteiger partial charge in [-0.1, -0.05) is 13.0 Å². The van der Waals surface area contributed by atoms with Gasteiger partial charge in [-0.25, -0.2) is 4.39 Å². The maximum Gasteiger partial charge on any atom is 0.166 e. The van der Waals surface area contributed by atoms with E-state index in [0.29, 0.717) is 17.8 Å². The summed E-state index contributed by atoms with van der Waals surface area (Å²) in [6.07, 6.45) is 6.17. The zero-order valence-electron chi connectivity index (χ0n) is 18.1. The fourth-order valence-corrected chi connectivity index (χ4v) is 3.98. The molecular weight excluding hydrogens is 377 g/mol. The van der Waals surface area contributed by atoms with Crippen LogP contribution in [0.5, 0.6) is 11.5 Å². The molecule has 2 N–H and O–H groups in total. The summed E-state index contributed by atoms with van der Waals surface area (Å²) in [6.45, 7) is 8.52. The van der Waals surface area contributed by atoms with Crippen LogP contribution in [-0.4, -0.2) is 10.6 Å². The molecule has 5 heteroatoms. The Balaban J connectivity index is 1.46. The van der Waals surface area contributed by atoms with Gasteiger partial charge in [-0.3, -0.25) is 0 Å². The van der Waals surface area contributed by atoms with Crippen molar-refractivity contribution in [2.75, 3.05) is 0 Å². The highest BCUT2D eigenvalue weighted by Gasteiger charge is 2.17. The van der Waals surface area contributed by atoms with E-state index < -0.39 is 0 Å². The summed E-state index contributed by atoms with van der Waals surface area (Å²) in [7, 11) is 0. The molecule has 2 heterocycles. The van der Waals surface area contributed by atoms with E-state index in [9.17, 15) is 4.39 Å². The minimum atomic E-state index is -0.356. The van der Waals surface area contributed by atoms with Crippen LogP contribution in [0.15, 0.2) is 60.6 Å². The van der Waals surface area contributed by atoms with Crippen molar-refractivity contribution in [3.05, 3.63) is 71.9 Å². The van der Waals surface area contributed by atoms with Crippen LogP contribution in [-0.2, 0) is 0 Å². The third-order valence-corrected chi connectivity index (χ3v) is 5.79. The molecule has 2 unspecified atom stereocenters. The third-order valence-electron chi connectivity index (χ3n) is 5.79. The van der Waals surface area contributed by atoms with Crippen LogP contribution in [0.25, 0.3) is 10.9 Å². The minimum absolute atomic E-state index is 0.0179. The topological polar surface area (TPSA) is 38.2 Å². The Bertz CT molecular complexity index is 1070. The predicted octanol–water partition coefficient (Wildman–Crippen LogP) is 6.42. The molecule has 3 aromatic rings. The van der Waals surface area contributed by atoms with Crippen LogP contribution in [0.1, 0.15) is 58.2 Å². The number of halogens is 1. The van der Waals surface area contributed by atoms with E-state index >= 15 is 0 Å². The summed E-state index contributed by atoms with van der Waals surface area (Å²) in [5.41, 5.74) is 3.20. The molecule has 1 aliphatic rings. The van der Waals surface area contributed by atoms with Gasteiger partial charge < -0.3 is 19.9 Å². The van der Waals surface area contributed by atoms with Crippen molar-refractivity contribution in [3.8, 4) is 11.5 Å². The normalized spacial score (nSPS) is 17.1. The third kappa shape index (κ3) is 4.16. The molecule has 30 heavy (non-hydrogen) atoms. The Morgan fingerprint density at radius 2 is 2.00 bits per heavy atom. The summed E-state index contributed by atoms with van der Waals surface area (Å²) in [4.78, 5) is 0. The van der Waals surface area contributed by atoms with Crippen molar-refractivity contribution in [3.63, 3.8) is 0 Å². The molecule has 0 saturated carbocycles. The average Bonchev–Trinajstić information content (AvgIpc) is 3.35. The molecule has 4 nitrogen and oxygen atoms in total. The highest BCUT2D eigenvalue weighted by molar-refractivity contribution is 5.82. The lowest BCUT2D eigenvalue weighted by molar-refractivity contribution is 0.441. The molecule has 0 spiro atoms. The quantitative estimate of drug-likeness (QED) is 0.475. The maximum atomic E-state index is 14.8. The van der Waals surface area contributed by atoms with Crippen molar-refractivity contribution in [2.45, 2.75) is 58.7 Å². The average molecular weight is 408 g/mol. The second kappa shape index (κ2) is 8.42. The maximum absolute atomic E-state index is 14.8. The second-order valence-electron chi connectivity index (χ2n) is 8.34. The van der Waals surface area contributed by atoms with Gasteiger partial charge in [0.15, 0.2) is 11.6 Å². The number of hydrogen-bond donors (Lipinski definition) is 2. The lowest BCUT2D eigenvalue weighted by Crippen LogP contribution is -2.20. The van der Waals surface area contributed by atoms with Crippen molar-refractivity contribution in [2.24, 2.45) is 0 Å². The fourth-order valence-electron chi connectivity index (χ4n) is 3.98. The number of hydrogen-bond acceptors (Lipinski definition) is 3. The number of fused-ring (bicyclic) bond motifs is 1. The molecule has 0 amide bonds. The molecule has 158 valence electrons. The molecule has 1 aliphatic heterocycles. The minimum Gasteiger partial charge on any atom is -0.454 e. The van der Waals surface area contributed by atoms with Gasteiger partial charge in [0.05, 0.1) is 0 Å². The Morgan fingerprint density at radius 1 is 1.17 bits per heavy atom. The number of aromatic nitrogens is 1. The predicted molar refractivity (Wildman–Crippen MR) is 120 cm³/mol. The molecule has 4 rings (SSSR count). The van der Waals surface area contributed by atoms with Crippen molar-refractivity contribution < 1.29 is 9.13 Å². The van der Waals surface area contributed by atoms with E-state index in [1.165, 1.54) is 0 Å². The Morgan fingerprint density at radius 3 is 2.70 bits per heavy atom. The first-order chi connectivity index (χ1) is 14.4. The van der Waals surface area contributed by atoms with Gasteiger partial charge in [-0.15, -0.1) is 0 Å². The summed E-state index contributed by atoms with van der Waals surface area (Å²) in [5, 5.41) is 7.92.